The van der Waals surface area contributed by atoms with Crippen LogP contribution in [0.1, 0.15) is 35.1 Å². The lowest BCUT2D eigenvalue weighted by Gasteiger charge is -2.25. The molecule has 0 bridgehead atoms. The molecular weight excluding hydrogens is 381 g/mol. The summed E-state index contributed by atoms with van der Waals surface area (Å²) in [6.45, 7) is 2.75. The lowest BCUT2D eigenvalue weighted by molar-refractivity contribution is -0.136. The van der Waals surface area contributed by atoms with Crippen molar-refractivity contribution in [2.45, 2.75) is 32.2 Å². The maximum absolute atomic E-state index is 13.4. The summed E-state index contributed by atoms with van der Waals surface area (Å²) in [5.74, 6) is 3.28. The Bertz CT molecular complexity index is 1010. The number of aliphatic hydroxyl groups is 1. The highest BCUT2D eigenvalue weighted by molar-refractivity contribution is 5.86. The number of aryl methyl sites for hydroxylation is 1. The topological polar surface area (TPSA) is 49.5 Å². The maximum atomic E-state index is 13.4. The molecule has 2 aromatic heterocycles. The quantitative estimate of drug-likeness (QED) is 0.582. The molecule has 0 fully saturated rings. The summed E-state index contributed by atoms with van der Waals surface area (Å²) in [6.07, 6.45) is 1.85. The van der Waals surface area contributed by atoms with E-state index in [9.17, 15) is 18.3 Å². The fourth-order valence-electron chi connectivity index (χ4n) is 3.34. The molecule has 3 aromatic rings. The molecule has 3 rings (SSSR count). The predicted octanol–water partition coefficient (Wildman–Crippen LogP) is 4.71. The van der Waals surface area contributed by atoms with E-state index < -0.39 is 17.8 Å². The molecule has 4 nitrogen and oxygen atoms in total. The summed E-state index contributed by atoms with van der Waals surface area (Å²) >= 11 is 0. The van der Waals surface area contributed by atoms with Gasteiger partial charge in [0.2, 0.25) is 0 Å². The van der Waals surface area contributed by atoms with E-state index in [0.717, 1.165) is 6.07 Å². The van der Waals surface area contributed by atoms with Crippen molar-refractivity contribution in [2.75, 3.05) is 13.1 Å². The van der Waals surface area contributed by atoms with Crippen LogP contribution in [0.25, 0.3) is 10.9 Å². The number of alkyl halides is 3. The minimum Gasteiger partial charge on any atom is -0.468 e. The van der Waals surface area contributed by atoms with E-state index in [1.165, 1.54) is 6.07 Å². The van der Waals surface area contributed by atoms with E-state index in [2.05, 4.69) is 10.9 Å². The van der Waals surface area contributed by atoms with Gasteiger partial charge in [-0.05, 0) is 36.8 Å². The monoisotopic (exact) mass is 402 g/mol. The summed E-state index contributed by atoms with van der Waals surface area (Å²) in [6, 6.07) is 9.09. The molecule has 1 N–H and O–H groups in total. The predicted molar refractivity (Wildman–Crippen MR) is 104 cm³/mol. The molecule has 0 radical (unpaired) electrons. The normalized spacial score (nSPS) is 13.0. The van der Waals surface area contributed by atoms with Crippen molar-refractivity contribution >= 4 is 10.9 Å². The van der Waals surface area contributed by atoms with Crippen LogP contribution in [-0.2, 0) is 12.7 Å². The second kappa shape index (κ2) is 8.68. The number of halogens is 3. The number of pyridine rings is 1. The maximum Gasteiger partial charge on any atom is 0.418 e. The van der Waals surface area contributed by atoms with Gasteiger partial charge in [0.25, 0.3) is 0 Å². The van der Waals surface area contributed by atoms with Gasteiger partial charge in [-0.25, -0.2) is 0 Å². The smallest absolute Gasteiger partial charge is 0.418 e. The number of furan rings is 1. The molecule has 2 heterocycles. The summed E-state index contributed by atoms with van der Waals surface area (Å²) in [4.78, 5) is 6.00. The van der Waals surface area contributed by atoms with Gasteiger partial charge in [0, 0.05) is 30.6 Å². The van der Waals surface area contributed by atoms with Crippen LogP contribution in [0, 0.1) is 19.3 Å². The van der Waals surface area contributed by atoms with E-state index in [-0.39, 0.29) is 17.4 Å². The van der Waals surface area contributed by atoms with E-state index in [0.29, 0.717) is 36.5 Å². The first kappa shape index (κ1) is 20.9. The van der Waals surface area contributed by atoms with E-state index >= 15 is 0 Å². The number of aromatic nitrogens is 1. The summed E-state index contributed by atoms with van der Waals surface area (Å²) < 4.78 is 45.6. The largest absolute Gasteiger partial charge is 0.468 e. The van der Waals surface area contributed by atoms with Crippen LogP contribution in [0.3, 0.4) is 0 Å². The molecule has 29 heavy (non-hydrogen) atoms. The summed E-state index contributed by atoms with van der Waals surface area (Å²) in [5, 5.41) is 11.2. The Kier molecular flexibility index (Phi) is 6.26. The first-order valence-electron chi connectivity index (χ1n) is 9.13. The van der Waals surface area contributed by atoms with Crippen molar-refractivity contribution in [1.82, 2.24) is 9.88 Å². The number of nitrogens with zero attached hydrogens (tertiary/aromatic N) is 2. The minimum atomic E-state index is -4.53. The number of hydrogen-bond donors (Lipinski definition) is 1. The average Bonchev–Trinajstić information content (AvgIpc) is 3.17. The van der Waals surface area contributed by atoms with Crippen LogP contribution in [-0.4, -0.2) is 28.1 Å². The van der Waals surface area contributed by atoms with Crippen LogP contribution in [0.2, 0.25) is 0 Å². The van der Waals surface area contributed by atoms with Crippen molar-refractivity contribution in [3.05, 3.63) is 65.2 Å². The van der Waals surface area contributed by atoms with Crippen LogP contribution in [0.15, 0.2) is 47.1 Å². The van der Waals surface area contributed by atoms with E-state index in [1.54, 1.807) is 31.4 Å². The number of para-hydroxylation sites is 1. The lowest BCUT2D eigenvalue weighted by atomic mass is 9.99. The SMILES string of the molecule is C#CCCN(Cc1ccco1)CC(O)c1cc(C)nc2c(C(F)(F)F)cccc12. The van der Waals surface area contributed by atoms with Crippen LogP contribution < -0.4 is 0 Å². The third-order valence-corrected chi connectivity index (χ3v) is 4.63. The number of hydrogen-bond acceptors (Lipinski definition) is 4. The van der Waals surface area contributed by atoms with Crippen molar-refractivity contribution < 1.29 is 22.7 Å². The molecule has 0 amide bonds. The molecule has 152 valence electrons. The number of rotatable bonds is 7. The number of benzene rings is 1. The van der Waals surface area contributed by atoms with Gasteiger partial charge in [0.15, 0.2) is 0 Å². The Balaban J connectivity index is 1.94. The molecule has 1 unspecified atom stereocenters. The van der Waals surface area contributed by atoms with Crippen LogP contribution in [0.4, 0.5) is 13.2 Å². The zero-order valence-electron chi connectivity index (χ0n) is 15.9. The van der Waals surface area contributed by atoms with Crippen LogP contribution in [0.5, 0.6) is 0 Å². The van der Waals surface area contributed by atoms with Crippen molar-refractivity contribution in [2.24, 2.45) is 0 Å². The number of fused-ring (bicyclic) bond motifs is 1. The fourth-order valence-corrected chi connectivity index (χ4v) is 3.34. The van der Waals surface area contributed by atoms with Gasteiger partial charge in [-0.2, -0.15) is 13.2 Å². The van der Waals surface area contributed by atoms with Crippen molar-refractivity contribution in [1.29, 1.82) is 0 Å². The van der Waals surface area contributed by atoms with E-state index in [4.69, 9.17) is 10.8 Å². The Morgan fingerprint density at radius 3 is 2.72 bits per heavy atom. The molecule has 0 aliphatic rings. The average molecular weight is 402 g/mol. The van der Waals surface area contributed by atoms with Gasteiger partial charge in [0.1, 0.15) is 5.76 Å². The Morgan fingerprint density at radius 2 is 2.07 bits per heavy atom. The summed E-state index contributed by atoms with van der Waals surface area (Å²) in [5.41, 5.74) is -0.157. The van der Waals surface area contributed by atoms with Gasteiger partial charge >= 0.3 is 6.18 Å². The highest BCUT2D eigenvalue weighted by Gasteiger charge is 2.34. The Hall–Kier alpha value is -2.82. The minimum absolute atomic E-state index is 0.157. The third kappa shape index (κ3) is 4.97. The fraction of sp³-hybridized carbons (Fsp3) is 0.318. The Labute approximate surface area is 167 Å². The van der Waals surface area contributed by atoms with Crippen LogP contribution >= 0.6 is 0 Å². The molecule has 0 saturated carbocycles. The van der Waals surface area contributed by atoms with Gasteiger partial charge < -0.3 is 9.52 Å². The number of terminal acetylenes is 1. The van der Waals surface area contributed by atoms with E-state index in [1.807, 2.05) is 11.0 Å². The van der Waals surface area contributed by atoms with Gasteiger partial charge in [-0.1, -0.05) is 12.1 Å². The van der Waals surface area contributed by atoms with Crippen molar-refractivity contribution in [3.8, 4) is 12.3 Å². The molecule has 0 aliphatic heterocycles. The van der Waals surface area contributed by atoms with Gasteiger partial charge in [-0.15, -0.1) is 12.3 Å². The first-order valence-corrected chi connectivity index (χ1v) is 9.13. The van der Waals surface area contributed by atoms with Gasteiger partial charge in [0.05, 0.1) is 30.0 Å². The highest BCUT2D eigenvalue weighted by atomic mass is 19.4. The standard InChI is InChI=1S/C22H21F3N2O2/c1-3-4-10-27(13-16-7-6-11-29-16)14-20(28)18-12-15(2)26-21-17(18)8-5-9-19(21)22(23,24)25/h1,5-9,11-12,20,28H,4,10,13-14H2,2H3. The first-order chi connectivity index (χ1) is 13.8. The molecule has 7 heteroatoms. The number of aliphatic hydroxyl groups excluding tert-OH is 1. The molecule has 0 aliphatic carbocycles. The zero-order valence-corrected chi connectivity index (χ0v) is 15.9. The second-order valence-electron chi connectivity index (χ2n) is 6.84. The van der Waals surface area contributed by atoms with Crippen molar-refractivity contribution in [3.63, 3.8) is 0 Å². The molecule has 0 spiro atoms. The molecular formula is C22H21F3N2O2. The summed E-state index contributed by atoms with van der Waals surface area (Å²) in [7, 11) is 0. The third-order valence-electron chi connectivity index (χ3n) is 4.63. The highest BCUT2D eigenvalue weighted by Crippen LogP contribution is 2.36. The molecule has 1 aromatic carbocycles. The second-order valence-corrected chi connectivity index (χ2v) is 6.84. The Morgan fingerprint density at radius 1 is 1.28 bits per heavy atom. The molecule has 0 saturated heterocycles. The lowest BCUT2D eigenvalue weighted by Crippen LogP contribution is -2.29. The van der Waals surface area contributed by atoms with Gasteiger partial charge in [-0.3, -0.25) is 9.88 Å². The zero-order chi connectivity index (χ0) is 21.0. The molecule has 1 atom stereocenters.